The SMILES string of the molecule is C=CCNc1c2c(nn1C)CCC(C1CCCCC1)C2. The number of aryl methyl sites for hydroxylation is 2. The summed E-state index contributed by atoms with van der Waals surface area (Å²) in [5.74, 6) is 3.07. The summed E-state index contributed by atoms with van der Waals surface area (Å²) in [6.07, 6.45) is 12.9. The molecule has 1 N–H and O–H groups in total. The first kappa shape index (κ1) is 13.7. The Morgan fingerprint density at radius 2 is 2.05 bits per heavy atom. The van der Waals surface area contributed by atoms with E-state index in [1.807, 2.05) is 10.8 Å². The van der Waals surface area contributed by atoms with Crippen LogP contribution in [0.2, 0.25) is 0 Å². The van der Waals surface area contributed by atoms with Crippen molar-refractivity contribution in [2.75, 3.05) is 11.9 Å². The molecule has 1 unspecified atom stereocenters. The first-order chi connectivity index (χ1) is 9.79. The molecule has 1 saturated carbocycles. The molecule has 0 radical (unpaired) electrons. The van der Waals surface area contributed by atoms with Crippen molar-refractivity contribution in [3.63, 3.8) is 0 Å². The van der Waals surface area contributed by atoms with Crippen molar-refractivity contribution in [3.8, 4) is 0 Å². The van der Waals surface area contributed by atoms with Crippen LogP contribution in [-0.2, 0) is 19.9 Å². The van der Waals surface area contributed by atoms with E-state index >= 15 is 0 Å². The zero-order valence-electron chi connectivity index (χ0n) is 12.7. The van der Waals surface area contributed by atoms with Gasteiger partial charge in [-0.25, -0.2) is 0 Å². The maximum Gasteiger partial charge on any atom is 0.127 e. The van der Waals surface area contributed by atoms with Gasteiger partial charge in [-0.3, -0.25) is 4.68 Å². The van der Waals surface area contributed by atoms with Crippen LogP contribution in [0.5, 0.6) is 0 Å². The number of fused-ring (bicyclic) bond motifs is 1. The summed E-state index contributed by atoms with van der Waals surface area (Å²) in [7, 11) is 2.05. The van der Waals surface area contributed by atoms with Gasteiger partial charge in [0.15, 0.2) is 0 Å². The van der Waals surface area contributed by atoms with Gasteiger partial charge < -0.3 is 5.32 Å². The average molecular weight is 273 g/mol. The smallest absolute Gasteiger partial charge is 0.127 e. The van der Waals surface area contributed by atoms with Gasteiger partial charge in [0.1, 0.15) is 5.82 Å². The van der Waals surface area contributed by atoms with Crippen molar-refractivity contribution in [2.24, 2.45) is 18.9 Å². The highest BCUT2D eigenvalue weighted by molar-refractivity contribution is 5.49. The Hall–Kier alpha value is -1.25. The minimum Gasteiger partial charge on any atom is -0.367 e. The molecule has 1 heterocycles. The van der Waals surface area contributed by atoms with Crippen LogP contribution < -0.4 is 5.32 Å². The second kappa shape index (κ2) is 6.02. The molecule has 1 atom stereocenters. The van der Waals surface area contributed by atoms with Crippen molar-refractivity contribution >= 4 is 5.82 Å². The Kier molecular flexibility index (Phi) is 4.13. The van der Waals surface area contributed by atoms with Gasteiger partial charge in [0.05, 0.1) is 5.69 Å². The Morgan fingerprint density at radius 1 is 1.25 bits per heavy atom. The second-order valence-electron chi connectivity index (χ2n) is 6.47. The van der Waals surface area contributed by atoms with Gasteiger partial charge in [-0.1, -0.05) is 38.2 Å². The third-order valence-corrected chi connectivity index (χ3v) is 5.18. The van der Waals surface area contributed by atoms with E-state index in [9.17, 15) is 0 Å². The van der Waals surface area contributed by atoms with E-state index in [1.54, 1.807) is 0 Å². The maximum atomic E-state index is 4.70. The highest BCUT2D eigenvalue weighted by Gasteiger charge is 2.30. The van der Waals surface area contributed by atoms with Crippen molar-refractivity contribution in [1.29, 1.82) is 0 Å². The van der Waals surface area contributed by atoms with Gasteiger partial charge in [-0.2, -0.15) is 5.10 Å². The van der Waals surface area contributed by atoms with Gasteiger partial charge in [-0.05, 0) is 31.1 Å². The summed E-state index contributed by atoms with van der Waals surface area (Å²) in [5.41, 5.74) is 2.81. The van der Waals surface area contributed by atoms with E-state index in [1.165, 1.54) is 68.4 Å². The molecule has 1 aromatic rings. The summed E-state index contributed by atoms with van der Waals surface area (Å²) in [4.78, 5) is 0. The standard InChI is InChI=1S/C17H27N3/c1-3-11-18-17-15-12-14(13-7-5-4-6-8-13)9-10-16(15)19-20(17)2/h3,13-14,18H,1,4-12H2,2H3. The van der Waals surface area contributed by atoms with Crippen LogP contribution >= 0.6 is 0 Å². The molecule has 0 spiro atoms. The molecule has 3 nitrogen and oxygen atoms in total. The molecule has 0 saturated heterocycles. The molecule has 3 heteroatoms. The zero-order chi connectivity index (χ0) is 13.9. The van der Waals surface area contributed by atoms with Crippen LogP contribution in [0.4, 0.5) is 5.82 Å². The fraction of sp³-hybridized carbons (Fsp3) is 0.706. The Bertz CT molecular complexity index is 469. The van der Waals surface area contributed by atoms with E-state index in [-0.39, 0.29) is 0 Å². The quantitative estimate of drug-likeness (QED) is 0.848. The minimum absolute atomic E-state index is 0.820. The lowest BCUT2D eigenvalue weighted by Gasteiger charge is -2.32. The first-order valence-corrected chi connectivity index (χ1v) is 8.19. The van der Waals surface area contributed by atoms with Gasteiger partial charge in [-0.15, -0.1) is 6.58 Å². The third kappa shape index (κ3) is 2.63. The van der Waals surface area contributed by atoms with Crippen molar-refractivity contribution in [2.45, 2.75) is 51.4 Å². The van der Waals surface area contributed by atoms with Gasteiger partial charge in [0, 0.05) is 19.2 Å². The second-order valence-corrected chi connectivity index (χ2v) is 6.47. The van der Waals surface area contributed by atoms with Crippen molar-refractivity contribution < 1.29 is 0 Å². The Labute approximate surface area is 122 Å². The summed E-state index contributed by atoms with van der Waals surface area (Å²) >= 11 is 0. The van der Waals surface area contributed by atoms with Gasteiger partial charge in [0.2, 0.25) is 0 Å². The molecule has 0 aromatic carbocycles. The molecule has 2 aliphatic rings. The number of anilines is 1. The topological polar surface area (TPSA) is 29.9 Å². The van der Waals surface area contributed by atoms with Gasteiger partial charge >= 0.3 is 0 Å². The number of rotatable bonds is 4. The lowest BCUT2D eigenvalue weighted by molar-refractivity contribution is 0.227. The predicted molar refractivity (Wildman–Crippen MR) is 84.0 cm³/mol. The summed E-state index contributed by atoms with van der Waals surface area (Å²) in [5, 5.41) is 8.18. The Morgan fingerprint density at radius 3 is 2.80 bits per heavy atom. The maximum absolute atomic E-state index is 4.70. The molecule has 1 fully saturated rings. The summed E-state index contributed by atoms with van der Waals surface area (Å²) in [6.45, 7) is 4.62. The molecule has 110 valence electrons. The summed E-state index contributed by atoms with van der Waals surface area (Å²) < 4.78 is 2.03. The van der Waals surface area contributed by atoms with Crippen molar-refractivity contribution in [1.82, 2.24) is 9.78 Å². The first-order valence-electron chi connectivity index (χ1n) is 8.19. The van der Waals surface area contributed by atoms with Crippen LogP contribution in [0.15, 0.2) is 12.7 Å². The lowest BCUT2D eigenvalue weighted by Crippen LogP contribution is -2.24. The van der Waals surface area contributed by atoms with Crippen LogP contribution in [-0.4, -0.2) is 16.3 Å². The third-order valence-electron chi connectivity index (χ3n) is 5.18. The largest absolute Gasteiger partial charge is 0.367 e. The number of hydrogen-bond donors (Lipinski definition) is 1. The normalized spacial score (nSPS) is 23.4. The highest BCUT2D eigenvalue weighted by Crippen LogP contribution is 2.39. The molecular weight excluding hydrogens is 246 g/mol. The summed E-state index contributed by atoms with van der Waals surface area (Å²) in [6, 6.07) is 0. The Balaban J connectivity index is 1.76. The fourth-order valence-corrected chi connectivity index (χ4v) is 4.12. The molecule has 20 heavy (non-hydrogen) atoms. The lowest BCUT2D eigenvalue weighted by atomic mass is 9.73. The molecule has 0 bridgehead atoms. The van der Waals surface area contributed by atoms with Crippen LogP contribution in [0.25, 0.3) is 0 Å². The molecular formula is C17H27N3. The molecule has 0 aliphatic heterocycles. The highest BCUT2D eigenvalue weighted by atomic mass is 15.3. The monoisotopic (exact) mass is 273 g/mol. The number of nitrogens with zero attached hydrogens (tertiary/aromatic N) is 2. The molecule has 2 aliphatic carbocycles. The molecule has 0 amide bonds. The van der Waals surface area contributed by atoms with Crippen LogP contribution in [0.3, 0.4) is 0 Å². The number of aromatic nitrogens is 2. The minimum atomic E-state index is 0.820. The fourth-order valence-electron chi connectivity index (χ4n) is 4.12. The molecule has 3 rings (SSSR count). The average Bonchev–Trinajstić information content (AvgIpc) is 2.80. The van der Waals surface area contributed by atoms with Crippen LogP contribution in [0.1, 0.15) is 49.8 Å². The van der Waals surface area contributed by atoms with Gasteiger partial charge in [0.25, 0.3) is 0 Å². The van der Waals surface area contributed by atoms with Crippen molar-refractivity contribution in [3.05, 3.63) is 23.9 Å². The number of nitrogens with one attached hydrogen (secondary N) is 1. The molecule has 1 aromatic heterocycles. The van der Waals surface area contributed by atoms with E-state index in [2.05, 4.69) is 18.9 Å². The van der Waals surface area contributed by atoms with E-state index < -0.39 is 0 Å². The number of hydrogen-bond acceptors (Lipinski definition) is 2. The van der Waals surface area contributed by atoms with E-state index in [0.29, 0.717) is 0 Å². The zero-order valence-corrected chi connectivity index (χ0v) is 12.7. The van der Waals surface area contributed by atoms with E-state index in [0.717, 1.165) is 18.4 Å². The van der Waals surface area contributed by atoms with E-state index in [4.69, 9.17) is 5.10 Å². The predicted octanol–water partition coefficient (Wildman–Crippen LogP) is 3.70. The van der Waals surface area contributed by atoms with Crippen LogP contribution in [0, 0.1) is 11.8 Å².